The SMILES string of the molecule is C[C@H](OCCC(=O)Nc1sccc1C#N)C(=O)O. The summed E-state index contributed by atoms with van der Waals surface area (Å²) in [5, 5.41) is 22.1. The molecule has 0 unspecified atom stereocenters. The van der Waals surface area contributed by atoms with Crippen LogP contribution >= 0.6 is 11.3 Å². The molecule has 0 aromatic carbocycles. The van der Waals surface area contributed by atoms with Crippen LogP contribution in [0.1, 0.15) is 18.9 Å². The summed E-state index contributed by atoms with van der Waals surface area (Å²) in [5.41, 5.74) is 0.410. The Hall–Kier alpha value is -1.91. The quantitative estimate of drug-likeness (QED) is 0.813. The van der Waals surface area contributed by atoms with Gasteiger partial charge in [0, 0.05) is 0 Å². The van der Waals surface area contributed by atoms with E-state index in [4.69, 9.17) is 15.1 Å². The minimum absolute atomic E-state index is 0.0204. The maximum atomic E-state index is 11.5. The normalized spacial score (nSPS) is 11.6. The van der Waals surface area contributed by atoms with Gasteiger partial charge in [-0.25, -0.2) is 4.79 Å². The van der Waals surface area contributed by atoms with Crippen molar-refractivity contribution in [3.05, 3.63) is 17.0 Å². The number of hydrogen-bond donors (Lipinski definition) is 2. The van der Waals surface area contributed by atoms with Crippen LogP contribution in [0, 0.1) is 11.3 Å². The highest BCUT2D eigenvalue weighted by atomic mass is 32.1. The van der Waals surface area contributed by atoms with E-state index in [-0.39, 0.29) is 18.9 Å². The molecule has 1 heterocycles. The van der Waals surface area contributed by atoms with Crippen LogP contribution in [0.5, 0.6) is 0 Å². The number of nitrogens with zero attached hydrogens (tertiary/aromatic N) is 1. The van der Waals surface area contributed by atoms with Gasteiger partial charge in [0.15, 0.2) is 6.10 Å². The van der Waals surface area contributed by atoms with Gasteiger partial charge in [0.25, 0.3) is 0 Å². The highest BCUT2D eigenvalue weighted by Crippen LogP contribution is 2.22. The Morgan fingerprint density at radius 2 is 2.39 bits per heavy atom. The molecule has 0 spiro atoms. The monoisotopic (exact) mass is 268 g/mol. The van der Waals surface area contributed by atoms with Crippen molar-refractivity contribution in [2.45, 2.75) is 19.4 Å². The number of carboxylic acids is 1. The molecule has 2 N–H and O–H groups in total. The van der Waals surface area contributed by atoms with Gasteiger partial charge in [0.1, 0.15) is 11.1 Å². The van der Waals surface area contributed by atoms with E-state index in [1.807, 2.05) is 6.07 Å². The minimum Gasteiger partial charge on any atom is -0.479 e. The molecule has 1 atom stereocenters. The van der Waals surface area contributed by atoms with Crippen LogP contribution in [0.25, 0.3) is 0 Å². The van der Waals surface area contributed by atoms with Crippen LogP contribution in [-0.4, -0.2) is 29.7 Å². The topological polar surface area (TPSA) is 99.4 Å². The minimum atomic E-state index is -1.07. The van der Waals surface area contributed by atoms with Crippen molar-refractivity contribution in [3.63, 3.8) is 0 Å². The Balaban J connectivity index is 2.35. The van der Waals surface area contributed by atoms with Gasteiger partial charge < -0.3 is 15.2 Å². The number of nitriles is 1. The lowest BCUT2D eigenvalue weighted by molar-refractivity contribution is -0.149. The van der Waals surface area contributed by atoms with Crippen molar-refractivity contribution in [2.75, 3.05) is 11.9 Å². The van der Waals surface area contributed by atoms with E-state index in [2.05, 4.69) is 5.32 Å². The molecular weight excluding hydrogens is 256 g/mol. The molecule has 0 bridgehead atoms. The first-order valence-electron chi connectivity index (χ1n) is 5.16. The summed E-state index contributed by atoms with van der Waals surface area (Å²) in [6.07, 6.45) is -0.894. The van der Waals surface area contributed by atoms with Gasteiger partial charge in [-0.15, -0.1) is 11.3 Å². The second-order valence-corrected chi connectivity index (χ2v) is 4.34. The smallest absolute Gasteiger partial charge is 0.332 e. The summed E-state index contributed by atoms with van der Waals surface area (Å²) in [6.45, 7) is 1.42. The largest absolute Gasteiger partial charge is 0.479 e. The highest BCUT2D eigenvalue weighted by molar-refractivity contribution is 7.14. The number of thiophene rings is 1. The van der Waals surface area contributed by atoms with Crippen LogP contribution in [0.15, 0.2) is 11.4 Å². The lowest BCUT2D eigenvalue weighted by Gasteiger charge is -2.08. The van der Waals surface area contributed by atoms with Crippen molar-refractivity contribution < 1.29 is 19.4 Å². The van der Waals surface area contributed by atoms with E-state index < -0.39 is 12.1 Å². The highest BCUT2D eigenvalue weighted by Gasteiger charge is 2.12. The van der Waals surface area contributed by atoms with Crippen molar-refractivity contribution in [1.82, 2.24) is 0 Å². The Bertz CT molecular complexity index is 478. The Kier molecular flexibility index (Phi) is 5.30. The van der Waals surface area contributed by atoms with Crippen molar-refractivity contribution in [2.24, 2.45) is 0 Å². The molecule has 1 aromatic heterocycles. The third kappa shape index (κ3) is 4.16. The number of carbonyl (C=O) groups is 2. The lowest BCUT2D eigenvalue weighted by Crippen LogP contribution is -2.22. The molecule has 0 saturated carbocycles. The van der Waals surface area contributed by atoms with Gasteiger partial charge in [0.2, 0.25) is 5.91 Å². The number of ether oxygens (including phenoxy) is 1. The second-order valence-electron chi connectivity index (χ2n) is 3.42. The van der Waals surface area contributed by atoms with Crippen molar-refractivity contribution in [1.29, 1.82) is 5.26 Å². The van der Waals surface area contributed by atoms with Crippen LogP contribution < -0.4 is 5.32 Å². The molecule has 1 rings (SSSR count). The van der Waals surface area contributed by atoms with Gasteiger partial charge in [-0.3, -0.25) is 4.79 Å². The Labute approximate surface area is 108 Å². The number of carbonyl (C=O) groups excluding carboxylic acids is 1. The third-order valence-corrected chi connectivity index (χ3v) is 2.91. The molecule has 0 aliphatic rings. The van der Waals surface area contributed by atoms with Gasteiger partial charge in [-0.1, -0.05) is 0 Å². The Morgan fingerprint density at radius 3 is 3.00 bits per heavy atom. The first-order chi connectivity index (χ1) is 8.54. The molecule has 1 amide bonds. The molecule has 0 saturated heterocycles. The summed E-state index contributed by atoms with van der Waals surface area (Å²) in [5.74, 6) is -1.38. The molecule has 1 aromatic rings. The summed E-state index contributed by atoms with van der Waals surface area (Å²) >= 11 is 1.26. The molecule has 6 nitrogen and oxygen atoms in total. The number of rotatable bonds is 6. The number of carboxylic acid groups (broad SMARTS) is 1. The Morgan fingerprint density at radius 1 is 1.67 bits per heavy atom. The molecular formula is C11H12N2O4S. The predicted octanol–water partition coefficient (Wildman–Crippen LogP) is 1.44. The zero-order valence-electron chi connectivity index (χ0n) is 9.67. The van der Waals surface area contributed by atoms with Gasteiger partial charge in [0.05, 0.1) is 18.6 Å². The number of aliphatic carboxylic acids is 1. The summed E-state index contributed by atoms with van der Waals surface area (Å²) < 4.78 is 4.93. The van der Waals surface area contributed by atoms with Crippen LogP contribution in [0.2, 0.25) is 0 Å². The molecule has 0 radical (unpaired) electrons. The van der Waals surface area contributed by atoms with Gasteiger partial charge >= 0.3 is 5.97 Å². The van der Waals surface area contributed by atoms with E-state index in [9.17, 15) is 9.59 Å². The van der Waals surface area contributed by atoms with E-state index in [0.717, 1.165) is 0 Å². The average Bonchev–Trinajstić information content (AvgIpc) is 2.75. The summed E-state index contributed by atoms with van der Waals surface area (Å²) in [7, 11) is 0. The zero-order valence-corrected chi connectivity index (χ0v) is 10.5. The van der Waals surface area contributed by atoms with Gasteiger partial charge in [-0.05, 0) is 18.4 Å². The molecule has 0 fully saturated rings. The lowest BCUT2D eigenvalue weighted by atomic mass is 10.3. The first-order valence-corrected chi connectivity index (χ1v) is 6.04. The molecule has 7 heteroatoms. The summed E-state index contributed by atoms with van der Waals surface area (Å²) in [4.78, 5) is 21.9. The van der Waals surface area contributed by atoms with Crippen molar-refractivity contribution >= 4 is 28.2 Å². The zero-order chi connectivity index (χ0) is 13.5. The number of amides is 1. The maximum Gasteiger partial charge on any atom is 0.332 e. The van der Waals surface area contributed by atoms with E-state index >= 15 is 0 Å². The maximum absolute atomic E-state index is 11.5. The molecule has 96 valence electrons. The fourth-order valence-electron chi connectivity index (χ4n) is 1.08. The average molecular weight is 268 g/mol. The standard InChI is InChI=1S/C11H12N2O4S/c1-7(11(15)16)17-4-2-9(14)13-10-8(6-12)3-5-18-10/h3,5,7H,2,4H2,1H3,(H,13,14)(H,15,16)/t7-/m0/s1. The first kappa shape index (κ1) is 14.2. The van der Waals surface area contributed by atoms with Gasteiger partial charge in [-0.2, -0.15) is 5.26 Å². The predicted molar refractivity (Wildman–Crippen MR) is 65.3 cm³/mol. The molecule has 0 aliphatic heterocycles. The molecule has 18 heavy (non-hydrogen) atoms. The van der Waals surface area contributed by atoms with Crippen LogP contribution in [0.4, 0.5) is 5.00 Å². The van der Waals surface area contributed by atoms with Crippen LogP contribution in [0.3, 0.4) is 0 Å². The van der Waals surface area contributed by atoms with E-state index in [0.29, 0.717) is 10.6 Å². The van der Waals surface area contributed by atoms with E-state index in [1.165, 1.54) is 18.3 Å². The summed E-state index contributed by atoms with van der Waals surface area (Å²) in [6, 6.07) is 3.57. The van der Waals surface area contributed by atoms with E-state index in [1.54, 1.807) is 11.4 Å². The fourth-order valence-corrected chi connectivity index (χ4v) is 1.84. The number of hydrogen-bond acceptors (Lipinski definition) is 5. The number of nitrogens with one attached hydrogen (secondary N) is 1. The van der Waals surface area contributed by atoms with Crippen LogP contribution in [-0.2, 0) is 14.3 Å². The third-order valence-electron chi connectivity index (χ3n) is 2.08. The second kappa shape index (κ2) is 6.74. The molecule has 0 aliphatic carbocycles. The van der Waals surface area contributed by atoms with Crippen molar-refractivity contribution in [3.8, 4) is 6.07 Å². The fraction of sp³-hybridized carbons (Fsp3) is 0.364. The number of anilines is 1.